The Labute approximate surface area is 110 Å². The molecule has 1 rings (SSSR count). The first-order valence-electron chi connectivity index (χ1n) is 5.88. The Hall–Kier alpha value is -2.15. The van der Waals surface area contributed by atoms with E-state index < -0.39 is 10.8 Å². The lowest BCUT2D eigenvalue weighted by molar-refractivity contribution is -0.383. The molecule has 3 N–H and O–H groups in total. The number of ether oxygens (including phenoxy) is 1. The summed E-state index contributed by atoms with van der Waals surface area (Å²) in [6.45, 7) is 4.60. The smallest absolute Gasteiger partial charge is 0.292 e. The van der Waals surface area contributed by atoms with Crippen molar-refractivity contribution in [3.05, 3.63) is 33.9 Å². The third-order valence-electron chi connectivity index (χ3n) is 2.44. The van der Waals surface area contributed by atoms with E-state index in [9.17, 15) is 14.9 Å². The van der Waals surface area contributed by atoms with Gasteiger partial charge in [0.1, 0.15) is 5.69 Å². The molecule has 0 saturated carbocycles. The van der Waals surface area contributed by atoms with Gasteiger partial charge in [0.2, 0.25) is 0 Å². The van der Waals surface area contributed by atoms with Crippen LogP contribution >= 0.6 is 0 Å². The van der Waals surface area contributed by atoms with Crippen molar-refractivity contribution < 1.29 is 14.5 Å². The summed E-state index contributed by atoms with van der Waals surface area (Å²) in [5, 5.41) is 13.4. The zero-order valence-electron chi connectivity index (χ0n) is 10.9. The number of nitro groups is 1. The number of nitrogens with two attached hydrogens (primary N) is 1. The monoisotopic (exact) mass is 267 g/mol. The zero-order valence-corrected chi connectivity index (χ0v) is 10.9. The molecular formula is C12H17N3O4. The van der Waals surface area contributed by atoms with Gasteiger partial charge in [-0.05, 0) is 26.0 Å². The van der Waals surface area contributed by atoms with Crippen LogP contribution in [0, 0.1) is 10.1 Å². The third-order valence-corrected chi connectivity index (χ3v) is 2.44. The Morgan fingerprint density at radius 3 is 2.84 bits per heavy atom. The van der Waals surface area contributed by atoms with E-state index in [4.69, 9.17) is 10.5 Å². The maximum Gasteiger partial charge on any atom is 0.292 e. The van der Waals surface area contributed by atoms with Gasteiger partial charge in [0.25, 0.3) is 11.6 Å². The topological polar surface area (TPSA) is 107 Å². The third kappa shape index (κ3) is 4.22. The highest BCUT2D eigenvalue weighted by molar-refractivity contribution is 5.95. The summed E-state index contributed by atoms with van der Waals surface area (Å²) in [6.07, 6.45) is 0. The molecule has 0 aromatic heterocycles. The minimum absolute atomic E-state index is 0.0314. The quantitative estimate of drug-likeness (QED) is 0.459. The Morgan fingerprint density at radius 2 is 2.26 bits per heavy atom. The first-order chi connectivity index (χ1) is 8.95. The van der Waals surface area contributed by atoms with E-state index in [1.165, 1.54) is 12.1 Å². The van der Waals surface area contributed by atoms with Crippen molar-refractivity contribution in [3.8, 4) is 0 Å². The molecule has 1 amide bonds. The zero-order chi connectivity index (χ0) is 14.4. The minimum Gasteiger partial charge on any atom is -0.393 e. The van der Waals surface area contributed by atoms with Crippen molar-refractivity contribution in [1.29, 1.82) is 0 Å². The summed E-state index contributed by atoms with van der Waals surface area (Å²) >= 11 is 0. The van der Waals surface area contributed by atoms with Crippen LogP contribution in [0.2, 0.25) is 0 Å². The molecule has 1 aromatic rings. The Balaban J connectivity index is 2.77. The van der Waals surface area contributed by atoms with Gasteiger partial charge >= 0.3 is 0 Å². The minimum atomic E-state index is -0.615. The molecule has 1 unspecified atom stereocenters. The number of benzene rings is 1. The van der Waals surface area contributed by atoms with E-state index in [1.807, 2.05) is 6.92 Å². The molecule has 0 aliphatic carbocycles. The highest BCUT2D eigenvalue weighted by Crippen LogP contribution is 2.22. The SMILES string of the molecule is CCOCC(C)NC(=O)c1ccc(N)c([N+](=O)[O-])c1. The summed E-state index contributed by atoms with van der Waals surface area (Å²) in [5.41, 5.74) is 5.42. The lowest BCUT2D eigenvalue weighted by atomic mass is 10.1. The van der Waals surface area contributed by atoms with E-state index in [-0.39, 0.29) is 23.0 Å². The molecule has 0 aliphatic rings. The number of nitrogen functional groups attached to an aromatic ring is 1. The number of nitrogens with one attached hydrogen (secondary N) is 1. The summed E-state index contributed by atoms with van der Waals surface area (Å²) in [4.78, 5) is 22.0. The van der Waals surface area contributed by atoms with E-state index in [2.05, 4.69) is 5.32 Å². The fraction of sp³-hybridized carbons (Fsp3) is 0.417. The van der Waals surface area contributed by atoms with Crippen molar-refractivity contribution in [3.63, 3.8) is 0 Å². The molecule has 0 fully saturated rings. The molecule has 7 nitrogen and oxygen atoms in total. The number of nitro benzene ring substituents is 1. The van der Waals surface area contributed by atoms with Crippen LogP contribution in [-0.2, 0) is 4.74 Å². The molecule has 1 atom stereocenters. The van der Waals surface area contributed by atoms with Gasteiger partial charge in [-0.2, -0.15) is 0 Å². The predicted octanol–water partition coefficient (Wildman–Crippen LogP) is 1.33. The number of hydrogen-bond acceptors (Lipinski definition) is 5. The summed E-state index contributed by atoms with van der Waals surface area (Å²) < 4.78 is 5.17. The number of anilines is 1. The van der Waals surface area contributed by atoms with Crippen LogP contribution in [0.25, 0.3) is 0 Å². The molecule has 0 bridgehead atoms. The van der Waals surface area contributed by atoms with Gasteiger partial charge in [0, 0.05) is 24.3 Å². The van der Waals surface area contributed by atoms with Crippen LogP contribution in [0.15, 0.2) is 18.2 Å². The van der Waals surface area contributed by atoms with E-state index in [1.54, 1.807) is 6.92 Å². The second kappa shape index (κ2) is 6.69. The van der Waals surface area contributed by atoms with Crippen LogP contribution in [0.1, 0.15) is 24.2 Å². The number of amides is 1. The maximum atomic E-state index is 11.9. The average Bonchev–Trinajstić information content (AvgIpc) is 2.36. The van der Waals surface area contributed by atoms with Gasteiger partial charge in [-0.15, -0.1) is 0 Å². The molecular weight excluding hydrogens is 250 g/mol. The molecule has 19 heavy (non-hydrogen) atoms. The molecule has 0 spiro atoms. The normalized spacial score (nSPS) is 11.9. The van der Waals surface area contributed by atoms with Gasteiger partial charge in [0.05, 0.1) is 11.5 Å². The van der Waals surface area contributed by atoms with Crippen molar-refractivity contribution in [2.45, 2.75) is 19.9 Å². The van der Waals surface area contributed by atoms with Crippen LogP contribution in [-0.4, -0.2) is 30.1 Å². The van der Waals surface area contributed by atoms with Crippen LogP contribution in [0.4, 0.5) is 11.4 Å². The van der Waals surface area contributed by atoms with Crippen molar-refractivity contribution in [2.24, 2.45) is 0 Å². The highest BCUT2D eigenvalue weighted by Gasteiger charge is 2.16. The predicted molar refractivity (Wildman–Crippen MR) is 70.9 cm³/mol. The van der Waals surface area contributed by atoms with E-state index >= 15 is 0 Å². The first kappa shape index (κ1) is 14.9. The highest BCUT2D eigenvalue weighted by atomic mass is 16.6. The van der Waals surface area contributed by atoms with Gasteiger partial charge in [-0.1, -0.05) is 0 Å². The summed E-state index contributed by atoms with van der Waals surface area (Å²) in [6, 6.07) is 3.78. The maximum absolute atomic E-state index is 11.9. The second-order valence-electron chi connectivity index (χ2n) is 4.06. The number of carbonyl (C=O) groups excluding carboxylic acids is 1. The first-order valence-corrected chi connectivity index (χ1v) is 5.88. The summed E-state index contributed by atoms with van der Waals surface area (Å²) in [5.74, 6) is -0.393. The molecule has 7 heteroatoms. The van der Waals surface area contributed by atoms with Gasteiger partial charge in [-0.3, -0.25) is 14.9 Å². The molecule has 0 saturated heterocycles. The summed E-state index contributed by atoms with van der Waals surface area (Å²) in [7, 11) is 0. The van der Waals surface area contributed by atoms with Gasteiger partial charge in [-0.25, -0.2) is 0 Å². The fourth-order valence-corrected chi connectivity index (χ4v) is 1.49. The Bertz CT molecular complexity index is 476. The second-order valence-corrected chi connectivity index (χ2v) is 4.06. The number of nitrogens with zero attached hydrogens (tertiary/aromatic N) is 1. The standard InChI is InChI=1S/C12H17N3O4/c1-3-19-7-8(2)14-12(16)9-4-5-10(13)11(6-9)15(17)18/h4-6,8H,3,7,13H2,1-2H3,(H,14,16). The average molecular weight is 267 g/mol. The van der Waals surface area contributed by atoms with Gasteiger partial charge < -0.3 is 15.8 Å². The fourth-order valence-electron chi connectivity index (χ4n) is 1.49. The Kier molecular flexibility index (Phi) is 5.25. The number of hydrogen-bond donors (Lipinski definition) is 2. The van der Waals surface area contributed by atoms with Crippen molar-refractivity contribution >= 4 is 17.3 Å². The largest absolute Gasteiger partial charge is 0.393 e. The molecule has 0 heterocycles. The van der Waals surface area contributed by atoms with Crippen LogP contribution < -0.4 is 11.1 Å². The molecule has 0 aliphatic heterocycles. The Morgan fingerprint density at radius 1 is 1.58 bits per heavy atom. The van der Waals surface area contributed by atoms with E-state index in [0.717, 1.165) is 6.07 Å². The molecule has 0 radical (unpaired) electrons. The van der Waals surface area contributed by atoms with Gasteiger partial charge in [0.15, 0.2) is 0 Å². The van der Waals surface area contributed by atoms with E-state index in [0.29, 0.717) is 13.2 Å². The van der Waals surface area contributed by atoms with Crippen LogP contribution in [0.3, 0.4) is 0 Å². The van der Waals surface area contributed by atoms with Crippen molar-refractivity contribution in [2.75, 3.05) is 18.9 Å². The molecule has 104 valence electrons. The van der Waals surface area contributed by atoms with Crippen molar-refractivity contribution in [1.82, 2.24) is 5.32 Å². The number of rotatable bonds is 6. The number of carbonyl (C=O) groups is 1. The lowest BCUT2D eigenvalue weighted by Gasteiger charge is -2.13. The van der Waals surface area contributed by atoms with Crippen LogP contribution in [0.5, 0.6) is 0 Å². The lowest BCUT2D eigenvalue weighted by Crippen LogP contribution is -2.35. The molecule has 1 aromatic carbocycles.